The number of ether oxygens (including phenoxy) is 2. The minimum Gasteiger partial charge on any atom is -0.508 e. The molecule has 0 saturated carbocycles. The number of amides is 1. The molecule has 1 saturated heterocycles. The van der Waals surface area contributed by atoms with Crippen LogP contribution in [0.1, 0.15) is 30.1 Å². The maximum atomic E-state index is 12.0. The molecule has 4 N–H and O–H groups in total. The predicted molar refractivity (Wildman–Crippen MR) is 109 cm³/mol. The Labute approximate surface area is 166 Å². The van der Waals surface area contributed by atoms with Gasteiger partial charge >= 0.3 is 0 Å². The lowest BCUT2D eigenvalue weighted by Crippen LogP contribution is -2.41. The number of benzene rings is 1. The van der Waals surface area contributed by atoms with E-state index < -0.39 is 0 Å². The molecule has 0 bridgehead atoms. The van der Waals surface area contributed by atoms with E-state index in [-0.39, 0.29) is 11.7 Å². The third-order valence-electron chi connectivity index (χ3n) is 4.27. The summed E-state index contributed by atoms with van der Waals surface area (Å²) in [6, 6.07) is 6.17. The first-order chi connectivity index (χ1) is 13.7. The van der Waals surface area contributed by atoms with Gasteiger partial charge in [0.1, 0.15) is 5.75 Å². The van der Waals surface area contributed by atoms with Crippen molar-refractivity contribution in [1.29, 1.82) is 0 Å². The minimum absolute atomic E-state index is 0.141. The number of phenols is 1. The van der Waals surface area contributed by atoms with Crippen molar-refractivity contribution in [2.24, 2.45) is 10.9 Å². The Morgan fingerprint density at radius 2 is 2.04 bits per heavy atom. The summed E-state index contributed by atoms with van der Waals surface area (Å²) in [4.78, 5) is 16.5. The molecule has 1 unspecified atom stereocenters. The first-order valence-electron chi connectivity index (χ1n) is 9.94. The van der Waals surface area contributed by atoms with Gasteiger partial charge in [-0.1, -0.05) is 0 Å². The van der Waals surface area contributed by atoms with Gasteiger partial charge in [0, 0.05) is 50.9 Å². The maximum Gasteiger partial charge on any atom is 0.251 e. The minimum atomic E-state index is -0.173. The molecule has 0 radical (unpaired) electrons. The molecule has 156 valence electrons. The standard InChI is InChI=1S/C20H32N4O4/c1-2-21-20(23-9-3-12-27-14-16-8-13-28-15-16)24-11-10-22-19(26)17-4-6-18(25)7-5-17/h4-7,16,25H,2-3,8-15H2,1H3,(H,22,26)(H2,21,23,24). The van der Waals surface area contributed by atoms with Crippen LogP contribution in [0.25, 0.3) is 0 Å². The third kappa shape index (κ3) is 8.58. The molecule has 1 aromatic rings. The molecule has 1 fully saturated rings. The van der Waals surface area contributed by atoms with E-state index in [4.69, 9.17) is 9.47 Å². The molecular weight excluding hydrogens is 360 g/mol. The molecule has 1 atom stereocenters. The summed E-state index contributed by atoms with van der Waals surface area (Å²) in [5.41, 5.74) is 0.516. The summed E-state index contributed by atoms with van der Waals surface area (Å²) >= 11 is 0. The van der Waals surface area contributed by atoms with Gasteiger partial charge in [0.25, 0.3) is 5.91 Å². The van der Waals surface area contributed by atoms with Gasteiger partial charge in [0.05, 0.1) is 13.2 Å². The van der Waals surface area contributed by atoms with Crippen LogP contribution in [0, 0.1) is 5.92 Å². The molecular formula is C20H32N4O4. The van der Waals surface area contributed by atoms with Gasteiger partial charge in [-0.05, 0) is 44.0 Å². The van der Waals surface area contributed by atoms with Crippen molar-refractivity contribution in [3.63, 3.8) is 0 Å². The Kier molecular flexibility index (Phi) is 10.2. The normalized spacial score (nSPS) is 16.8. The van der Waals surface area contributed by atoms with E-state index in [1.54, 1.807) is 12.1 Å². The number of hydrogen-bond donors (Lipinski definition) is 4. The zero-order valence-corrected chi connectivity index (χ0v) is 16.6. The molecule has 1 heterocycles. The lowest BCUT2D eigenvalue weighted by Gasteiger charge is -2.12. The highest BCUT2D eigenvalue weighted by Gasteiger charge is 2.15. The number of aromatic hydroxyl groups is 1. The summed E-state index contributed by atoms with van der Waals surface area (Å²) < 4.78 is 11.0. The zero-order valence-electron chi connectivity index (χ0n) is 16.6. The first-order valence-corrected chi connectivity index (χ1v) is 9.94. The van der Waals surface area contributed by atoms with Crippen LogP contribution in [-0.2, 0) is 9.47 Å². The van der Waals surface area contributed by atoms with E-state index in [0.717, 1.165) is 45.2 Å². The van der Waals surface area contributed by atoms with Crippen LogP contribution < -0.4 is 16.0 Å². The van der Waals surface area contributed by atoms with E-state index in [2.05, 4.69) is 20.9 Å². The van der Waals surface area contributed by atoms with Crippen LogP contribution in [0.5, 0.6) is 5.75 Å². The number of carbonyl (C=O) groups excluding carboxylic acids is 1. The highest BCUT2D eigenvalue weighted by molar-refractivity contribution is 5.94. The molecule has 28 heavy (non-hydrogen) atoms. The number of aliphatic imine (C=N–C) groups is 1. The van der Waals surface area contributed by atoms with Crippen molar-refractivity contribution < 1.29 is 19.4 Å². The summed E-state index contributed by atoms with van der Waals surface area (Å²) in [5, 5.41) is 18.5. The van der Waals surface area contributed by atoms with Crippen LogP contribution >= 0.6 is 0 Å². The third-order valence-corrected chi connectivity index (χ3v) is 4.27. The van der Waals surface area contributed by atoms with E-state index in [1.807, 2.05) is 6.92 Å². The molecule has 1 aliphatic rings. The smallest absolute Gasteiger partial charge is 0.251 e. The highest BCUT2D eigenvalue weighted by Crippen LogP contribution is 2.12. The van der Waals surface area contributed by atoms with Gasteiger partial charge in [-0.3, -0.25) is 9.79 Å². The van der Waals surface area contributed by atoms with Crippen LogP contribution in [-0.4, -0.2) is 69.6 Å². The number of nitrogens with zero attached hydrogens (tertiary/aromatic N) is 1. The summed E-state index contributed by atoms with van der Waals surface area (Å²) in [7, 11) is 0. The van der Waals surface area contributed by atoms with Crippen LogP contribution in [0.4, 0.5) is 0 Å². The van der Waals surface area contributed by atoms with Gasteiger partial charge in [0.15, 0.2) is 5.96 Å². The maximum absolute atomic E-state index is 12.0. The Morgan fingerprint density at radius 3 is 2.75 bits per heavy atom. The second-order valence-electron chi connectivity index (χ2n) is 6.65. The van der Waals surface area contributed by atoms with Gasteiger partial charge in [0.2, 0.25) is 0 Å². The molecule has 0 aliphatic carbocycles. The monoisotopic (exact) mass is 392 g/mol. The van der Waals surface area contributed by atoms with Gasteiger partial charge in [-0.15, -0.1) is 0 Å². The number of rotatable bonds is 11. The second kappa shape index (κ2) is 13.0. The second-order valence-corrected chi connectivity index (χ2v) is 6.65. The Bertz CT molecular complexity index is 601. The van der Waals surface area contributed by atoms with E-state index in [1.165, 1.54) is 12.1 Å². The average molecular weight is 393 g/mol. The van der Waals surface area contributed by atoms with E-state index >= 15 is 0 Å². The summed E-state index contributed by atoms with van der Waals surface area (Å²) in [6.45, 7) is 7.62. The fraction of sp³-hybridized carbons (Fsp3) is 0.600. The molecule has 1 amide bonds. The highest BCUT2D eigenvalue weighted by atomic mass is 16.5. The first kappa shape index (κ1) is 22.0. The van der Waals surface area contributed by atoms with Crippen molar-refractivity contribution in [3.8, 4) is 5.75 Å². The molecule has 1 aliphatic heterocycles. The summed E-state index contributed by atoms with van der Waals surface area (Å²) in [5.74, 6) is 1.24. The average Bonchev–Trinajstić information content (AvgIpc) is 3.21. The largest absolute Gasteiger partial charge is 0.508 e. The van der Waals surface area contributed by atoms with Crippen molar-refractivity contribution in [3.05, 3.63) is 29.8 Å². The molecule has 0 spiro atoms. The van der Waals surface area contributed by atoms with Crippen molar-refractivity contribution in [2.75, 3.05) is 52.6 Å². The Hall–Kier alpha value is -2.32. The van der Waals surface area contributed by atoms with Crippen LogP contribution in [0.15, 0.2) is 29.3 Å². The number of nitrogens with one attached hydrogen (secondary N) is 3. The van der Waals surface area contributed by atoms with E-state index in [0.29, 0.717) is 37.7 Å². The number of guanidine groups is 1. The lowest BCUT2D eigenvalue weighted by molar-refractivity contribution is 0.0893. The molecule has 0 aromatic heterocycles. The van der Waals surface area contributed by atoms with Gasteiger partial charge in [-0.2, -0.15) is 0 Å². The number of hydrogen-bond acceptors (Lipinski definition) is 5. The molecule has 8 heteroatoms. The topological polar surface area (TPSA) is 104 Å². The predicted octanol–water partition coefficient (Wildman–Crippen LogP) is 1.12. The number of carbonyl (C=O) groups is 1. The van der Waals surface area contributed by atoms with Crippen molar-refractivity contribution >= 4 is 11.9 Å². The zero-order chi connectivity index (χ0) is 20.0. The van der Waals surface area contributed by atoms with Crippen LogP contribution in [0.3, 0.4) is 0 Å². The Morgan fingerprint density at radius 1 is 1.25 bits per heavy atom. The number of phenolic OH excluding ortho intramolecular Hbond substituents is 1. The fourth-order valence-corrected chi connectivity index (χ4v) is 2.74. The molecule has 8 nitrogen and oxygen atoms in total. The van der Waals surface area contributed by atoms with Crippen molar-refractivity contribution in [2.45, 2.75) is 19.8 Å². The quantitative estimate of drug-likeness (QED) is 0.256. The van der Waals surface area contributed by atoms with Crippen molar-refractivity contribution in [1.82, 2.24) is 16.0 Å². The Balaban J connectivity index is 1.58. The molecule has 2 rings (SSSR count). The summed E-state index contributed by atoms with van der Waals surface area (Å²) in [6.07, 6.45) is 1.96. The van der Waals surface area contributed by atoms with Crippen LogP contribution in [0.2, 0.25) is 0 Å². The lowest BCUT2D eigenvalue weighted by atomic mass is 10.1. The fourth-order valence-electron chi connectivity index (χ4n) is 2.74. The van der Waals surface area contributed by atoms with Gasteiger partial charge in [-0.25, -0.2) is 0 Å². The SMILES string of the molecule is CCNC(=NCCCOCC1CCOC1)NCCNC(=O)c1ccc(O)cc1. The van der Waals surface area contributed by atoms with E-state index in [9.17, 15) is 9.90 Å². The van der Waals surface area contributed by atoms with Gasteiger partial charge < -0.3 is 30.5 Å². The molecule has 1 aromatic carbocycles.